The first kappa shape index (κ1) is 20.8. The lowest BCUT2D eigenvalue weighted by atomic mass is 10.2. The number of benzene rings is 1. The Morgan fingerprint density at radius 3 is 2.52 bits per heavy atom. The van der Waals surface area contributed by atoms with Crippen molar-refractivity contribution < 1.29 is 4.79 Å². The SMILES string of the molecule is CN=C(NCCC(=O)Nc1cccc(C)n1)N1CCN(Cc2ccccc2)CC1. The lowest BCUT2D eigenvalue weighted by molar-refractivity contribution is -0.116. The number of hydrogen-bond donors (Lipinski definition) is 2. The van der Waals surface area contributed by atoms with Crippen LogP contribution in [0.25, 0.3) is 0 Å². The number of carbonyl (C=O) groups is 1. The quantitative estimate of drug-likeness (QED) is 0.580. The zero-order valence-corrected chi connectivity index (χ0v) is 17.3. The fourth-order valence-corrected chi connectivity index (χ4v) is 3.40. The number of pyridine rings is 1. The van der Waals surface area contributed by atoms with E-state index in [-0.39, 0.29) is 5.91 Å². The van der Waals surface area contributed by atoms with Crippen LogP contribution in [0.5, 0.6) is 0 Å². The van der Waals surface area contributed by atoms with Gasteiger partial charge in [-0.2, -0.15) is 0 Å². The molecule has 29 heavy (non-hydrogen) atoms. The average Bonchev–Trinajstić information content (AvgIpc) is 2.73. The summed E-state index contributed by atoms with van der Waals surface area (Å²) in [6.07, 6.45) is 0.364. The van der Waals surface area contributed by atoms with E-state index in [4.69, 9.17) is 0 Å². The summed E-state index contributed by atoms with van der Waals surface area (Å²) < 4.78 is 0. The van der Waals surface area contributed by atoms with Crippen molar-refractivity contribution in [3.05, 3.63) is 59.8 Å². The van der Waals surface area contributed by atoms with E-state index in [9.17, 15) is 4.79 Å². The van der Waals surface area contributed by atoms with Crippen molar-refractivity contribution >= 4 is 17.7 Å². The van der Waals surface area contributed by atoms with Gasteiger partial charge in [0.05, 0.1) is 0 Å². The number of piperazine rings is 1. The molecule has 1 aliphatic rings. The van der Waals surface area contributed by atoms with E-state index in [0.29, 0.717) is 18.8 Å². The van der Waals surface area contributed by atoms with Crippen LogP contribution in [0.3, 0.4) is 0 Å². The molecule has 2 N–H and O–H groups in total. The van der Waals surface area contributed by atoms with Crippen LogP contribution >= 0.6 is 0 Å². The zero-order chi connectivity index (χ0) is 20.5. The molecule has 1 saturated heterocycles. The van der Waals surface area contributed by atoms with Gasteiger partial charge in [-0.15, -0.1) is 0 Å². The number of aromatic nitrogens is 1. The third kappa shape index (κ3) is 6.57. The number of nitrogens with zero attached hydrogens (tertiary/aromatic N) is 4. The molecule has 1 amide bonds. The maximum absolute atomic E-state index is 12.1. The third-order valence-corrected chi connectivity index (χ3v) is 4.92. The summed E-state index contributed by atoms with van der Waals surface area (Å²) in [5.74, 6) is 1.39. The highest BCUT2D eigenvalue weighted by atomic mass is 16.1. The van der Waals surface area contributed by atoms with Crippen molar-refractivity contribution in [2.24, 2.45) is 4.99 Å². The van der Waals surface area contributed by atoms with Gasteiger partial charge in [0.15, 0.2) is 5.96 Å². The Bertz CT molecular complexity index is 815. The van der Waals surface area contributed by atoms with Crippen molar-refractivity contribution in [2.45, 2.75) is 19.9 Å². The Labute approximate surface area is 172 Å². The van der Waals surface area contributed by atoms with E-state index in [2.05, 4.69) is 60.7 Å². The van der Waals surface area contributed by atoms with Crippen molar-refractivity contribution in [3.8, 4) is 0 Å². The molecule has 7 heteroatoms. The maximum atomic E-state index is 12.1. The van der Waals surface area contributed by atoms with E-state index in [1.165, 1.54) is 5.56 Å². The Morgan fingerprint density at radius 2 is 1.83 bits per heavy atom. The molecule has 154 valence electrons. The second-order valence-electron chi connectivity index (χ2n) is 7.19. The number of aryl methyl sites for hydroxylation is 1. The Morgan fingerprint density at radius 1 is 1.07 bits per heavy atom. The molecule has 2 heterocycles. The van der Waals surface area contributed by atoms with Gasteiger partial charge in [0.1, 0.15) is 5.82 Å². The summed E-state index contributed by atoms with van der Waals surface area (Å²) in [5.41, 5.74) is 2.23. The first-order valence-corrected chi connectivity index (χ1v) is 10.1. The van der Waals surface area contributed by atoms with Crippen LogP contribution in [0, 0.1) is 6.92 Å². The zero-order valence-electron chi connectivity index (χ0n) is 17.3. The molecule has 0 atom stereocenters. The fraction of sp³-hybridized carbons (Fsp3) is 0.409. The van der Waals surface area contributed by atoms with Gasteiger partial charge in [-0.3, -0.25) is 14.7 Å². The van der Waals surface area contributed by atoms with Gasteiger partial charge in [-0.05, 0) is 24.6 Å². The number of amides is 1. The van der Waals surface area contributed by atoms with Gasteiger partial charge >= 0.3 is 0 Å². The minimum atomic E-state index is -0.0567. The van der Waals surface area contributed by atoms with Crippen molar-refractivity contribution in [1.82, 2.24) is 20.1 Å². The Kier molecular flexibility index (Phi) is 7.58. The fourth-order valence-electron chi connectivity index (χ4n) is 3.40. The average molecular weight is 395 g/mol. The molecular weight excluding hydrogens is 364 g/mol. The summed E-state index contributed by atoms with van der Waals surface area (Å²) in [5, 5.41) is 6.14. The molecule has 0 bridgehead atoms. The Balaban J connectivity index is 1.39. The summed E-state index contributed by atoms with van der Waals surface area (Å²) in [6, 6.07) is 16.1. The van der Waals surface area contributed by atoms with E-state index < -0.39 is 0 Å². The smallest absolute Gasteiger partial charge is 0.227 e. The summed E-state index contributed by atoms with van der Waals surface area (Å²) in [7, 11) is 1.79. The minimum Gasteiger partial charge on any atom is -0.356 e. The van der Waals surface area contributed by atoms with Gasteiger partial charge in [0.2, 0.25) is 5.91 Å². The van der Waals surface area contributed by atoms with Crippen LogP contribution in [0.1, 0.15) is 17.7 Å². The van der Waals surface area contributed by atoms with E-state index in [1.807, 2.05) is 19.1 Å². The van der Waals surface area contributed by atoms with Gasteiger partial charge in [-0.1, -0.05) is 36.4 Å². The number of guanidine groups is 1. The minimum absolute atomic E-state index is 0.0567. The molecule has 0 radical (unpaired) electrons. The molecule has 0 spiro atoms. The van der Waals surface area contributed by atoms with Gasteiger partial charge in [0.25, 0.3) is 0 Å². The van der Waals surface area contributed by atoms with Crippen molar-refractivity contribution in [1.29, 1.82) is 0 Å². The van der Waals surface area contributed by atoms with E-state index in [1.54, 1.807) is 13.1 Å². The van der Waals surface area contributed by atoms with Crippen LogP contribution in [-0.4, -0.2) is 66.4 Å². The normalized spacial score (nSPS) is 15.2. The number of nitrogens with one attached hydrogen (secondary N) is 2. The van der Waals surface area contributed by atoms with E-state index >= 15 is 0 Å². The third-order valence-electron chi connectivity index (χ3n) is 4.92. The predicted octanol–water partition coefficient (Wildman–Crippen LogP) is 2.11. The topological polar surface area (TPSA) is 72.9 Å². The molecule has 0 unspecified atom stereocenters. The van der Waals surface area contributed by atoms with Crippen molar-refractivity contribution in [2.75, 3.05) is 45.1 Å². The number of hydrogen-bond acceptors (Lipinski definition) is 4. The lowest BCUT2D eigenvalue weighted by Crippen LogP contribution is -2.52. The molecule has 1 aromatic carbocycles. The number of carbonyl (C=O) groups excluding carboxylic acids is 1. The standard InChI is InChI=1S/C22H30N6O/c1-18-7-6-10-20(25-18)26-21(29)11-12-24-22(23-2)28-15-13-27(14-16-28)17-19-8-4-3-5-9-19/h3-10H,11-17H2,1-2H3,(H,23,24)(H,25,26,29). The molecule has 1 fully saturated rings. The van der Waals surface area contributed by atoms with Crippen LogP contribution in [-0.2, 0) is 11.3 Å². The monoisotopic (exact) mass is 394 g/mol. The Hall–Kier alpha value is -2.93. The van der Waals surface area contributed by atoms with Crippen LogP contribution in [0.2, 0.25) is 0 Å². The van der Waals surface area contributed by atoms with Crippen LogP contribution < -0.4 is 10.6 Å². The van der Waals surface area contributed by atoms with Gasteiger partial charge in [0, 0.05) is 58.4 Å². The lowest BCUT2D eigenvalue weighted by Gasteiger charge is -2.36. The number of rotatable bonds is 6. The molecule has 7 nitrogen and oxygen atoms in total. The van der Waals surface area contributed by atoms with Crippen LogP contribution in [0.4, 0.5) is 5.82 Å². The predicted molar refractivity (Wildman–Crippen MR) is 117 cm³/mol. The van der Waals surface area contributed by atoms with Gasteiger partial charge < -0.3 is 15.5 Å². The summed E-state index contributed by atoms with van der Waals surface area (Å²) >= 11 is 0. The highest BCUT2D eigenvalue weighted by Crippen LogP contribution is 2.09. The van der Waals surface area contributed by atoms with Crippen LogP contribution in [0.15, 0.2) is 53.5 Å². The highest BCUT2D eigenvalue weighted by Gasteiger charge is 2.19. The molecule has 1 aromatic heterocycles. The van der Waals surface area contributed by atoms with Gasteiger partial charge in [-0.25, -0.2) is 4.98 Å². The second kappa shape index (κ2) is 10.6. The molecule has 0 aliphatic carbocycles. The molecule has 0 saturated carbocycles. The first-order chi connectivity index (χ1) is 14.1. The molecule has 2 aromatic rings. The largest absolute Gasteiger partial charge is 0.356 e. The second-order valence-corrected chi connectivity index (χ2v) is 7.19. The highest BCUT2D eigenvalue weighted by molar-refractivity contribution is 5.90. The number of anilines is 1. The first-order valence-electron chi connectivity index (χ1n) is 10.1. The van der Waals surface area contributed by atoms with E-state index in [0.717, 1.165) is 44.4 Å². The molecule has 1 aliphatic heterocycles. The van der Waals surface area contributed by atoms with Crippen molar-refractivity contribution in [3.63, 3.8) is 0 Å². The molecular formula is C22H30N6O. The summed E-state index contributed by atoms with van der Waals surface area (Å²) in [6.45, 7) is 7.26. The summed E-state index contributed by atoms with van der Waals surface area (Å²) in [4.78, 5) is 25.5. The number of aliphatic imine (C=N–C) groups is 1. The maximum Gasteiger partial charge on any atom is 0.227 e. The molecule has 3 rings (SSSR count).